The van der Waals surface area contributed by atoms with Crippen molar-refractivity contribution in [2.45, 2.75) is 25.9 Å². The number of benzene rings is 1. The van der Waals surface area contributed by atoms with Crippen molar-refractivity contribution >= 4 is 22.8 Å². The second kappa shape index (κ2) is 5.09. The molecule has 1 aliphatic heterocycles. The van der Waals surface area contributed by atoms with Crippen LogP contribution in [0.4, 0.5) is 11.7 Å². The van der Waals surface area contributed by atoms with Crippen molar-refractivity contribution in [3.63, 3.8) is 0 Å². The third kappa shape index (κ3) is 2.51. The van der Waals surface area contributed by atoms with Gasteiger partial charge in [-0.15, -0.1) is 0 Å². The molecule has 102 valence electrons. The number of nitrogen functional groups attached to an aromatic ring is 1. The largest absolute Gasteiger partial charge is 0.423 e. The van der Waals surface area contributed by atoms with Crippen LogP contribution in [-0.2, 0) is 4.74 Å². The van der Waals surface area contributed by atoms with Gasteiger partial charge in [-0.2, -0.15) is 4.98 Å². The van der Waals surface area contributed by atoms with Crippen LogP contribution in [0.5, 0.6) is 0 Å². The van der Waals surface area contributed by atoms with Crippen molar-refractivity contribution in [3.05, 3.63) is 18.2 Å². The maximum absolute atomic E-state index is 5.79. The van der Waals surface area contributed by atoms with Crippen molar-refractivity contribution in [2.24, 2.45) is 0 Å². The van der Waals surface area contributed by atoms with Crippen LogP contribution in [0.3, 0.4) is 0 Å². The van der Waals surface area contributed by atoms with E-state index in [4.69, 9.17) is 14.9 Å². The minimum atomic E-state index is 0.292. The number of fused-ring (bicyclic) bond motifs is 1. The van der Waals surface area contributed by atoms with Crippen LogP contribution in [0.2, 0.25) is 0 Å². The van der Waals surface area contributed by atoms with E-state index in [-0.39, 0.29) is 0 Å². The average Bonchev–Trinajstić information content (AvgIpc) is 3.03. The summed E-state index contributed by atoms with van der Waals surface area (Å²) in [5.74, 6) is 0. The maximum Gasteiger partial charge on any atom is 0.298 e. The summed E-state index contributed by atoms with van der Waals surface area (Å²) in [6.45, 7) is 4.64. The zero-order valence-corrected chi connectivity index (χ0v) is 11.1. The Hall–Kier alpha value is -1.75. The summed E-state index contributed by atoms with van der Waals surface area (Å²) in [6, 6.07) is 6.19. The van der Waals surface area contributed by atoms with Gasteiger partial charge < -0.3 is 19.8 Å². The molecule has 0 radical (unpaired) electrons. The van der Waals surface area contributed by atoms with Crippen LogP contribution in [0, 0.1) is 0 Å². The molecule has 2 N–H and O–H groups in total. The van der Waals surface area contributed by atoms with Crippen molar-refractivity contribution in [1.82, 2.24) is 4.98 Å². The van der Waals surface area contributed by atoms with Crippen LogP contribution < -0.4 is 10.6 Å². The Morgan fingerprint density at radius 1 is 1.47 bits per heavy atom. The standard InChI is InChI=1S/C14H19N3O2/c1-2-17(9-11-4-3-7-18-11)14-16-12-6-5-10(15)8-13(12)19-14/h5-6,8,11H,2-4,7,9,15H2,1H3. The van der Waals surface area contributed by atoms with Crippen LogP contribution in [0.1, 0.15) is 19.8 Å². The van der Waals surface area contributed by atoms with Gasteiger partial charge in [0.25, 0.3) is 6.01 Å². The van der Waals surface area contributed by atoms with E-state index in [1.807, 2.05) is 18.2 Å². The molecule has 0 amide bonds. The lowest BCUT2D eigenvalue weighted by Crippen LogP contribution is -2.32. The van der Waals surface area contributed by atoms with Crippen LogP contribution in [0.25, 0.3) is 11.1 Å². The Bertz CT molecular complexity index is 561. The molecule has 1 aliphatic rings. The van der Waals surface area contributed by atoms with E-state index in [9.17, 15) is 0 Å². The van der Waals surface area contributed by atoms with E-state index in [2.05, 4.69) is 16.8 Å². The second-order valence-corrected chi connectivity index (χ2v) is 4.90. The van der Waals surface area contributed by atoms with E-state index < -0.39 is 0 Å². The van der Waals surface area contributed by atoms with Crippen molar-refractivity contribution in [2.75, 3.05) is 30.3 Å². The first-order valence-corrected chi connectivity index (χ1v) is 6.79. The highest BCUT2D eigenvalue weighted by Gasteiger charge is 2.21. The minimum Gasteiger partial charge on any atom is -0.423 e. The van der Waals surface area contributed by atoms with Gasteiger partial charge in [-0.1, -0.05) is 0 Å². The highest BCUT2D eigenvalue weighted by Crippen LogP contribution is 2.25. The number of hydrogen-bond acceptors (Lipinski definition) is 5. The molecule has 0 bridgehead atoms. The van der Waals surface area contributed by atoms with E-state index >= 15 is 0 Å². The average molecular weight is 261 g/mol. The van der Waals surface area contributed by atoms with Crippen LogP contribution in [0.15, 0.2) is 22.6 Å². The number of ether oxygens (including phenoxy) is 1. The molecule has 1 aromatic heterocycles. The maximum atomic E-state index is 5.79. The molecule has 1 aromatic carbocycles. The Labute approximate surface area is 112 Å². The fourth-order valence-corrected chi connectivity index (χ4v) is 2.44. The fraction of sp³-hybridized carbons (Fsp3) is 0.500. The number of rotatable bonds is 4. The van der Waals surface area contributed by atoms with Gasteiger partial charge in [0.05, 0.1) is 6.10 Å². The summed E-state index contributed by atoms with van der Waals surface area (Å²) in [4.78, 5) is 6.63. The first-order valence-electron chi connectivity index (χ1n) is 6.79. The molecule has 1 unspecified atom stereocenters. The molecule has 0 aliphatic carbocycles. The lowest BCUT2D eigenvalue weighted by atomic mass is 10.2. The zero-order chi connectivity index (χ0) is 13.2. The Morgan fingerprint density at radius 3 is 3.11 bits per heavy atom. The molecule has 0 saturated carbocycles. The quantitative estimate of drug-likeness (QED) is 0.856. The van der Waals surface area contributed by atoms with E-state index in [1.165, 1.54) is 0 Å². The van der Waals surface area contributed by atoms with Gasteiger partial charge >= 0.3 is 0 Å². The molecule has 1 fully saturated rings. The van der Waals surface area contributed by atoms with Gasteiger partial charge in [0, 0.05) is 31.5 Å². The summed E-state index contributed by atoms with van der Waals surface area (Å²) in [7, 11) is 0. The van der Waals surface area contributed by atoms with Crippen molar-refractivity contribution < 1.29 is 9.15 Å². The van der Waals surface area contributed by atoms with Gasteiger partial charge in [0.15, 0.2) is 5.58 Å². The minimum absolute atomic E-state index is 0.292. The Kier molecular flexibility index (Phi) is 3.29. The number of aromatic nitrogens is 1. The number of nitrogens with zero attached hydrogens (tertiary/aromatic N) is 2. The summed E-state index contributed by atoms with van der Waals surface area (Å²) >= 11 is 0. The lowest BCUT2D eigenvalue weighted by Gasteiger charge is -2.21. The topological polar surface area (TPSA) is 64.5 Å². The van der Waals surface area contributed by atoms with Gasteiger partial charge in [-0.3, -0.25) is 0 Å². The van der Waals surface area contributed by atoms with Crippen molar-refractivity contribution in [3.8, 4) is 0 Å². The van der Waals surface area contributed by atoms with Gasteiger partial charge in [-0.05, 0) is 31.9 Å². The molecule has 1 saturated heterocycles. The number of anilines is 2. The van der Waals surface area contributed by atoms with Crippen LogP contribution >= 0.6 is 0 Å². The monoisotopic (exact) mass is 261 g/mol. The molecular weight excluding hydrogens is 242 g/mol. The van der Waals surface area contributed by atoms with Gasteiger partial charge in [-0.25, -0.2) is 0 Å². The molecule has 1 atom stereocenters. The molecule has 2 aromatic rings. The number of likely N-dealkylation sites (N-methyl/N-ethyl adjacent to an activating group) is 1. The van der Waals surface area contributed by atoms with E-state index in [1.54, 1.807) is 0 Å². The predicted octanol–water partition coefficient (Wildman–Crippen LogP) is 2.42. The smallest absolute Gasteiger partial charge is 0.298 e. The number of hydrogen-bond donors (Lipinski definition) is 1. The Balaban J connectivity index is 1.83. The first-order chi connectivity index (χ1) is 9.26. The molecule has 5 nitrogen and oxygen atoms in total. The fourth-order valence-electron chi connectivity index (χ4n) is 2.44. The normalized spacial score (nSPS) is 19.1. The molecule has 2 heterocycles. The highest BCUT2D eigenvalue weighted by molar-refractivity contribution is 5.78. The number of nitrogens with two attached hydrogens (primary N) is 1. The highest BCUT2D eigenvalue weighted by atomic mass is 16.5. The second-order valence-electron chi connectivity index (χ2n) is 4.90. The van der Waals surface area contributed by atoms with Gasteiger partial charge in [0.1, 0.15) is 5.52 Å². The SMILES string of the molecule is CCN(CC1CCCO1)c1nc2ccc(N)cc2o1. The molecule has 19 heavy (non-hydrogen) atoms. The third-order valence-electron chi connectivity index (χ3n) is 3.50. The third-order valence-corrected chi connectivity index (χ3v) is 3.50. The lowest BCUT2D eigenvalue weighted by molar-refractivity contribution is 0.115. The van der Waals surface area contributed by atoms with Gasteiger partial charge in [0.2, 0.25) is 0 Å². The van der Waals surface area contributed by atoms with Crippen LogP contribution in [-0.4, -0.2) is 30.8 Å². The van der Waals surface area contributed by atoms with E-state index in [0.29, 0.717) is 17.8 Å². The van der Waals surface area contributed by atoms with E-state index in [0.717, 1.165) is 43.6 Å². The molecule has 0 spiro atoms. The molecule has 5 heteroatoms. The molecular formula is C14H19N3O2. The molecule has 3 rings (SSSR count). The predicted molar refractivity (Wildman–Crippen MR) is 75.3 cm³/mol. The zero-order valence-electron chi connectivity index (χ0n) is 11.1. The summed E-state index contributed by atoms with van der Waals surface area (Å²) < 4.78 is 11.5. The summed E-state index contributed by atoms with van der Waals surface area (Å²) in [5, 5.41) is 0. The number of oxazole rings is 1. The summed E-state index contributed by atoms with van der Waals surface area (Å²) in [5.41, 5.74) is 8.02. The van der Waals surface area contributed by atoms with Crippen molar-refractivity contribution in [1.29, 1.82) is 0 Å². The summed E-state index contributed by atoms with van der Waals surface area (Å²) in [6.07, 6.45) is 2.55. The Morgan fingerprint density at radius 2 is 2.37 bits per heavy atom. The first kappa shape index (κ1) is 12.3.